The lowest BCUT2D eigenvalue weighted by Gasteiger charge is -2.19. The molecule has 1 saturated carbocycles. The summed E-state index contributed by atoms with van der Waals surface area (Å²) in [5.74, 6) is -0.457. The molecule has 0 aromatic carbocycles. The van der Waals surface area contributed by atoms with Crippen molar-refractivity contribution in [3.63, 3.8) is 0 Å². The van der Waals surface area contributed by atoms with Crippen LogP contribution < -0.4 is 0 Å². The van der Waals surface area contributed by atoms with Gasteiger partial charge in [-0.25, -0.2) is 9.59 Å². The highest BCUT2D eigenvalue weighted by molar-refractivity contribution is 6.00. The first-order valence-corrected chi connectivity index (χ1v) is 10.2. The van der Waals surface area contributed by atoms with Crippen LogP contribution in [-0.4, -0.2) is 25.2 Å². The van der Waals surface area contributed by atoms with Crippen LogP contribution >= 0.6 is 0 Å². The van der Waals surface area contributed by atoms with Gasteiger partial charge < -0.3 is 9.47 Å². The van der Waals surface area contributed by atoms with Crippen LogP contribution in [0.4, 0.5) is 0 Å². The Morgan fingerprint density at radius 2 is 1.40 bits per heavy atom. The van der Waals surface area contributed by atoms with Gasteiger partial charge in [-0.3, -0.25) is 0 Å². The van der Waals surface area contributed by atoms with E-state index < -0.39 is 0 Å². The van der Waals surface area contributed by atoms with E-state index in [-0.39, 0.29) is 17.9 Å². The Hall–Kier alpha value is -1.32. The zero-order chi connectivity index (χ0) is 18.5. The van der Waals surface area contributed by atoms with Gasteiger partial charge in [0.25, 0.3) is 0 Å². The average Bonchev–Trinajstić information content (AvgIpc) is 3.14. The molecule has 25 heavy (non-hydrogen) atoms. The van der Waals surface area contributed by atoms with E-state index in [0.717, 1.165) is 64.2 Å². The van der Waals surface area contributed by atoms with Gasteiger partial charge in [0.05, 0.1) is 18.8 Å². The molecule has 4 heteroatoms. The third-order valence-electron chi connectivity index (χ3n) is 4.71. The van der Waals surface area contributed by atoms with E-state index in [1.54, 1.807) is 0 Å². The molecule has 1 rings (SSSR count). The van der Waals surface area contributed by atoms with Crippen molar-refractivity contribution in [2.45, 2.75) is 91.4 Å². The average molecular weight is 353 g/mol. The normalized spacial score (nSPS) is 15.8. The summed E-state index contributed by atoms with van der Waals surface area (Å²) in [4.78, 5) is 25.4. The Balaban J connectivity index is 3.04. The maximum absolute atomic E-state index is 12.7. The van der Waals surface area contributed by atoms with Crippen molar-refractivity contribution < 1.29 is 19.1 Å². The molecular formula is C21H36O4. The van der Waals surface area contributed by atoms with Crippen molar-refractivity contribution >= 4 is 11.9 Å². The van der Waals surface area contributed by atoms with E-state index >= 15 is 0 Å². The largest absolute Gasteiger partial charge is 0.462 e. The molecule has 0 amide bonds. The molecule has 1 aliphatic rings. The number of esters is 2. The molecule has 0 saturated heterocycles. The molecule has 0 bridgehead atoms. The minimum atomic E-state index is -0.311. The van der Waals surface area contributed by atoms with E-state index in [1.807, 2.05) is 13.8 Å². The Morgan fingerprint density at radius 1 is 0.800 bits per heavy atom. The van der Waals surface area contributed by atoms with Crippen LogP contribution in [0.25, 0.3) is 0 Å². The summed E-state index contributed by atoms with van der Waals surface area (Å²) in [7, 11) is 0. The third-order valence-corrected chi connectivity index (χ3v) is 4.71. The summed E-state index contributed by atoms with van der Waals surface area (Å²) in [6, 6.07) is 0. The van der Waals surface area contributed by atoms with E-state index in [0.29, 0.717) is 30.8 Å². The van der Waals surface area contributed by atoms with E-state index in [1.165, 1.54) is 0 Å². The SMILES string of the molecule is CCCCCCC(C(=O)OCCC)=C(C(=O)OCCC)C1CCCC1. The van der Waals surface area contributed by atoms with Crippen LogP contribution in [0.3, 0.4) is 0 Å². The summed E-state index contributed by atoms with van der Waals surface area (Å²) in [6.45, 7) is 6.93. The maximum Gasteiger partial charge on any atom is 0.334 e. The number of unbranched alkanes of at least 4 members (excludes halogenated alkanes) is 3. The van der Waals surface area contributed by atoms with Gasteiger partial charge in [-0.1, -0.05) is 52.9 Å². The van der Waals surface area contributed by atoms with E-state index in [2.05, 4.69) is 6.92 Å². The summed E-state index contributed by atoms with van der Waals surface area (Å²) in [6.07, 6.45) is 10.6. The number of hydrogen-bond acceptors (Lipinski definition) is 4. The van der Waals surface area contributed by atoms with Crippen molar-refractivity contribution in [1.82, 2.24) is 0 Å². The molecule has 0 aliphatic heterocycles. The first kappa shape index (κ1) is 21.7. The van der Waals surface area contributed by atoms with Crippen LogP contribution in [0.5, 0.6) is 0 Å². The molecule has 0 heterocycles. The third kappa shape index (κ3) is 7.62. The van der Waals surface area contributed by atoms with Crippen LogP contribution in [0, 0.1) is 5.92 Å². The molecule has 0 radical (unpaired) electrons. The monoisotopic (exact) mass is 352 g/mol. The predicted octanol–water partition coefficient (Wildman–Crippen LogP) is 5.35. The summed E-state index contributed by atoms with van der Waals surface area (Å²) < 4.78 is 10.8. The van der Waals surface area contributed by atoms with Crippen molar-refractivity contribution in [3.05, 3.63) is 11.1 Å². The van der Waals surface area contributed by atoms with E-state index in [4.69, 9.17) is 9.47 Å². The first-order chi connectivity index (χ1) is 12.2. The lowest BCUT2D eigenvalue weighted by atomic mass is 9.90. The molecule has 0 aromatic rings. The van der Waals surface area contributed by atoms with Gasteiger partial charge in [-0.15, -0.1) is 0 Å². The molecule has 0 aromatic heterocycles. The molecule has 4 nitrogen and oxygen atoms in total. The minimum Gasteiger partial charge on any atom is -0.462 e. The Kier molecular flexibility index (Phi) is 11.3. The smallest absolute Gasteiger partial charge is 0.334 e. The second-order valence-electron chi connectivity index (χ2n) is 6.96. The number of ether oxygens (including phenoxy) is 2. The second-order valence-corrected chi connectivity index (χ2v) is 6.96. The lowest BCUT2D eigenvalue weighted by Crippen LogP contribution is -2.22. The molecule has 144 valence electrons. The molecule has 0 spiro atoms. The fraction of sp³-hybridized carbons (Fsp3) is 0.810. The van der Waals surface area contributed by atoms with Crippen molar-refractivity contribution in [1.29, 1.82) is 0 Å². The van der Waals surface area contributed by atoms with Gasteiger partial charge in [-0.2, -0.15) is 0 Å². The Bertz CT molecular complexity index is 433. The van der Waals surface area contributed by atoms with Crippen LogP contribution in [0.1, 0.15) is 91.4 Å². The van der Waals surface area contributed by atoms with Gasteiger partial charge in [-0.05, 0) is 44.4 Å². The van der Waals surface area contributed by atoms with Crippen LogP contribution in [-0.2, 0) is 19.1 Å². The summed E-state index contributed by atoms with van der Waals surface area (Å²) in [5, 5.41) is 0. The fourth-order valence-electron chi connectivity index (χ4n) is 3.38. The van der Waals surface area contributed by atoms with Gasteiger partial charge in [0.2, 0.25) is 0 Å². The summed E-state index contributed by atoms with van der Waals surface area (Å²) >= 11 is 0. The molecule has 0 unspecified atom stereocenters. The van der Waals surface area contributed by atoms with Gasteiger partial charge >= 0.3 is 11.9 Å². The Morgan fingerprint density at radius 3 is 1.96 bits per heavy atom. The summed E-state index contributed by atoms with van der Waals surface area (Å²) in [5.41, 5.74) is 1.20. The Labute approximate surface area is 153 Å². The molecule has 0 atom stereocenters. The molecule has 1 aliphatic carbocycles. The number of carbonyl (C=O) groups is 2. The van der Waals surface area contributed by atoms with Gasteiger partial charge in [0.15, 0.2) is 0 Å². The van der Waals surface area contributed by atoms with Crippen molar-refractivity contribution in [2.75, 3.05) is 13.2 Å². The highest BCUT2D eigenvalue weighted by Crippen LogP contribution is 2.35. The second kappa shape index (κ2) is 13.0. The van der Waals surface area contributed by atoms with Gasteiger partial charge in [0, 0.05) is 5.57 Å². The predicted molar refractivity (Wildman–Crippen MR) is 100 cm³/mol. The number of carbonyl (C=O) groups excluding carboxylic acids is 2. The highest BCUT2D eigenvalue weighted by atomic mass is 16.5. The quantitative estimate of drug-likeness (QED) is 0.270. The van der Waals surface area contributed by atoms with Crippen LogP contribution in [0.15, 0.2) is 11.1 Å². The van der Waals surface area contributed by atoms with Crippen molar-refractivity contribution in [3.8, 4) is 0 Å². The topological polar surface area (TPSA) is 52.6 Å². The van der Waals surface area contributed by atoms with Crippen LogP contribution in [0.2, 0.25) is 0 Å². The zero-order valence-corrected chi connectivity index (χ0v) is 16.4. The van der Waals surface area contributed by atoms with Crippen molar-refractivity contribution in [2.24, 2.45) is 5.92 Å². The standard InChI is InChI=1S/C21H36O4/c1-4-7-8-9-14-18(20(22)24-15-5-2)19(17-12-10-11-13-17)21(23)25-16-6-3/h17H,4-16H2,1-3H3. The van der Waals surface area contributed by atoms with E-state index in [9.17, 15) is 9.59 Å². The first-order valence-electron chi connectivity index (χ1n) is 10.2. The zero-order valence-electron chi connectivity index (χ0n) is 16.4. The number of rotatable bonds is 12. The lowest BCUT2D eigenvalue weighted by molar-refractivity contribution is -0.143. The number of hydrogen-bond donors (Lipinski definition) is 0. The maximum atomic E-state index is 12.7. The molecule has 1 fully saturated rings. The molecule has 0 N–H and O–H groups in total. The fourth-order valence-corrected chi connectivity index (χ4v) is 3.38. The van der Waals surface area contributed by atoms with Gasteiger partial charge in [0.1, 0.15) is 0 Å². The highest BCUT2D eigenvalue weighted by Gasteiger charge is 2.31. The minimum absolute atomic E-state index is 0.153. The molecular weight excluding hydrogens is 316 g/mol.